The number of hydrogen-bond acceptors (Lipinski definition) is 2. The van der Waals surface area contributed by atoms with Crippen LogP contribution >= 0.6 is 0 Å². The molecule has 1 N–H and O–H groups in total. The van der Waals surface area contributed by atoms with E-state index in [1.165, 1.54) is 0 Å². The Labute approximate surface area is 76.2 Å². The summed E-state index contributed by atoms with van der Waals surface area (Å²) in [7, 11) is 0. The molecule has 1 unspecified atom stereocenters. The number of aliphatic carboxylic acids is 1. The molecule has 0 spiro atoms. The number of carbonyl (C=O) groups is 2. The molecular formula is C6H7NaO3. The average Bonchev–Trinajstić information content (AvgIpc) is 2.15. The Hall–Kier alpha value is 0.140. The number of hydrogen-bond donors (Lipinski definition) is 1. The molecule has 1 saturated carbocycles. The van der Waals surface area contributed by atoms with Crippen molar-refractivity contribution in [1.29, 1.82) is 0 Å². The first-order chi connectivity index (χ1) is 4.57. The van der Waals surface area contributed by atoms with Crippen LogP contribution in [0, 0.1) is 0 Å². The van der Waals surface area contributed by atoms with Crippen molar-refractivity contribution < 1.29 is 14.7 Å². The first-order valence-electron chi connectivity index (χ1n) is 3.34. The molecule has 1 aliphatic carbocycles. The van der Waals surface area contributed by atoms with Crippen LogP contribution in [0.1, 0.15) is 19.3 Å². The average molecular weight is 150 g/mol. The van der Waals surface area contributed by atoms with Crippen LogP contribution in [0.2, 0.25) is 2.66 Å². The maximum atomic E-state index is 11.0. The fraction of sp³-hybridized carbons (Fsp3) is 0.667. The second kappa shape index (κ2) is 2.64. The van der Waals surface area contributed by atoms with Gasteiger partial charge in [0.05, 0.1) is 0 Å². The monoisotopic (exact) mass is 150 g/mol. The number of carbonyl (C=O) groups excluding carboxylic acids is 1. The van der Waals surface area contributed by atoms with Gasteiger partial charge in [0.15, 0.2) is 0 Å². The van der Waals surface area contributed by atoms with Crippen LogP contribution in [0.5, 0.6) is 0 Å². The number of rotatable bonds is 1. The number of carboxylic acid groups (broad SMARTS) is 1. The first kappa shape index (κ1) is 8.24. The molecular weight excluding hydrogens is 143 g/mol. The molecule has 0 aromatic heterocycles. The molecule has 1 aliphatic rings. The van der Waals surface area contributed by atoms with Crippen LogP contribution < -0.4 is 0 Å². The molecule has 4 heteroatoms. The summed E-state index contributed by atoms with van der Waals surface area (Å²) in [6.07, 6.45) is 1.79. The Morgan fingerprint density at radius 1 is 1.70 bits per heavy atom. The van der Waals surface area contributed by atoms with E-state index in [9.17, 15) is 9.59 Å². The van der Waals surface area contributed by atoms with E-state index in [2.05, 4.69) is 0 Å². The molecule has 3 nitrogen and oxygen atoms in total. The molecule has 50 valence electrons. The summed E-state index contributed by atoms with van der Waals surface area (Å²) in [4.78, 5) is 21.5. The Kier molecular flexibility index (Phi) is 2.18. The predicted octanol–water partition coefficient (Wildman–Crippen LogP) is 0.151. The molecule has 1 fully saturated rings. The van der Waals surface area contributed by atoms with Gasteiger partial charge in [-0.1, -0.05) is 0 Å². The van der Waals surface area contributed by atoms with E-state index >= 15 is 0 Å². The van der Waals surface area contributed by atoms with Gasteiger partial charge in [-0.15, -0.1) is 0 Å². The van der Waals surface area contributed by atoms with E-state index in [4.69, 9.17) is 5.11 Å². The van der Waals surface area contributed by atoms with Crippen molar-refractivity contribution in [3.63, 3.8) is 0 Å². The minimum absolute atomic E-state index is 0.0633. The zero-order valence-electron chi connectivity index (χ0n) is 5.89. The van der Waals surface area contributed by atoms with Crippen molar-refractivity contribution in [3.05, 3.63) is 0 Å². The fourth-order valence-corrected chi connectivity index (χ4v) is 1.85. The second-order valence-corrected chi connectivity index (χ2v) is 4.62. The standard InChI is InChI=1S/C6H7O3.Na/c7-5-3-1-2-4(5)6(8)9;/h1-3H2,(H,8,9);. The van der Waals surface area contributed by atoms with Crippen molar-refractivity contribution in [2.75, 3.05) is 0 Å². The third kappa shape index (κ3) is 1.13. The molecule has 0 aromatic rings. The van der Waals surface area contributed by atoms with Gasteiger partial charge in [-0.05, 0) is 0 Å². The fourth-order valence-electron chi connectivity index (χ4n) is 1.24. The van der Waals surface area contributed by atoms with Crippen LogP contribution in [0.4, 0.5) is 0 Å². The van der Waals surface area contributed by atoms with Gasteiger partial charge in [0.25, 0.3) is 0 Å². The number of carboxylic acids is 1. The maximum absolute atomic E-state index is 11.0. The molecule has 0 heterocycles. The van der Waals surface area contributed by atoms with Crippen LogP contribution in [0.25, 0.3) is 0 Å². The second-order valence-electron chi connectivity index (χ2n) is 2.91. The van der Waals surface area contributed by atoms with Gasteiger partial charge in [0, 0.05) is 0 Å². The zero-order chi connectivity index (χ0) is 7.78. The topological polar surface area (TPSA) is 54.4 Å². The van der Waals surface area contributed by atoms with E-state index in [1.807, 2.05) is 0 Å². The molecule has 0 amide bonds. The van der Waals surface area contributed by atoms with Crippen molar-refractivity contribution in [1.82, 2.24) is 0 Å². The van der Waals surface area contributed by atoms with Gasteiger partial charge >= 0.3 is 76.3 Å². The Morgan fingerprint density at radius 3 is 2.50 bits per heavy atom. The van der Waals surface area contributed by atoms with Gasteiger partial charge in [0.1, 0.15) is 0 Å². The molecule has 0 radical (unpaired) electrons. The molecule has 1 atom stereocenters. The minimum atomic E-state index is -0.931. The Morgan fingerprint density at radius 2 is 2.30 bits per heavy atom. The SMILES string of the molecule is O=C(O)[C]1([Na])CCCC1=O. The molecule has 1 rings (SSSR count). The summed E-state index contributed by atoms with van der Waals surface area (Å²) in [6, 6.07) is 0. The summed E-state index contributed by atoms with van der Waals surface area (Å²) in [6.45, 7) is 0. The van der Waals surface area contributed by atoms with Gasteiger partial charge < -0.3 is 0 Å². The number of ketones is 1. The predicted molar refractivity (Wildman–Crippen MR) is 34.9 cm³/mol. The van der Waals surface area contributed by atoms with Crippen molar-refractivity contribution >= 4 is 39.7 Å². The normalized spacial score (nSPS) is 32.8. The van der Waals surface area contributed by atoms with Crippen LogP contribution in [-0.2, 0) is 9.59 Å². The van der Waals surface area contributed by atoms with Crippen molar-refractivity contribution in [2.24, 2.45) is 0 Å². The molecule has 0 aliphatic heterocycles. The van der Waals surface area contributed by atoms with Crippen LogP contribution in [0.3, 0.4) is 0 Å². The van der Waals surface area contributed by atoms with E-state index in [-0.39, 0.29) is 5.78 Å². The quantitative estimate of drug-likeness (QED) is 0.427. The third-order valence-electron chi connectivity index (χ3n) is 2.17. The van der Waals surface area contributed by atoms with Crippen LogP contribution in [-0.4, -0.2) is 44.8 Å². The van der Waals surface area contributed by atoms with Crippen LogP contribution in [0.15, 0.2) is 0 Å². The summed E-state index contributed by atoms with van der Waals surface area (Å²) in [5.41, 5.74) is 0. The van der Waals surface area contributed by atoms with Crippen molar-refractivity contribution in [2.45, 2.75) is 21.9 Å². The van der Waals surface area contributed by atoms with Gasteiger partial charge in [-0.25, -0.2) is 0 Å². The van der Waals surface area contributed by atoms with Crippen molar-refractivity contribution in [3.8, 4) is 0 Å². The molecule has 0 bridgehead atoms. The molecule has 0 aromatic carbocycles. The van der Waals surface area contributed by atoms with E-state index in [1.54, 1.807) is 0 Å². The first-order valence-corrected chi connectivity index (χ1v) is 4.34. The van der Waals surface area contributed by atoms with Gasteiger partial charge in [-0.2, -0.15) is 0 Å². The molecule has 0 saturated heterocycles. The Balaban J connectivity index is 2.86. The summed E-state index contributed by atoms with van der Waals surface area (Å²) < 4.78 is -0.931. The third-order valence-corrected chi connectivity index (χ3v) is 3.65. The van der Waals surface area contributed by atoms with Gasteiger partial charge in [0.2, 0.25) is 0 Å². The zero-order valence-corrected chi connectivity index (χ0v) is 7.89. The summed E-state index contributed by atoms with van der Waals surface area (Å²) >= 11 is 0.451. The summed E-state index contributed by atoms with van der Waals surface area (Å²) in [5.74, 6) is -0.978. The van der Waals surface area contributed by atoms with E-state index in [0.29, 0.717) is 40.8 Å². The van der Waals surface area contributed by atoms with Gasteiger partial charge in [-0.3, -0.25) is 0 Å². The number of Topliss-reactive ketones (excluding diaryl/α,β-unsaturated/α-hetero) is 1. The van der Waals surface area contributed by atoms with E-state index in [0.717, 1.165) is 6.42 Å². The van der Waals surface area contributed by atoms with E-state index < -0.39 is 8.63 Å². The summed E-state index contributed by atoms with van der Waals surface area (Å²) in [5, 5.41) is 8.66. The molecule has 10 heavy (non-hydrogen) atoms. The Bertz CT molecular complexity index is 189.